The summed E-state index contributed by atoms with van der Waals surface area (Å²) >= 11 is 0. The summed E-state index contributed by atoms with van der Waals surface area (Å²) in [6.07, 6.45) is 18.2. The number of hydrogen-bond acceptors (Lipinski definition) is 4. The summed E-state index contributed by atoms with van der Waals surface area (Å²) in [5.74, 6) is 0. The van der Waals surface area contributed by atoms with E-state index in [1.165, 1.54) is 38.5 Å². The highest BCUT2D eigenvalue weighted by atomic mass is 14.7. The van der Waals surface area contributed by atoms with Gasteiger partial charge in [-0.25, -0.2) is 0 Å². The third-order valence-electron chi connectivity index (χ3n) is 4.95. The lowest BCUT2D eigenvalue weighted by molar-refractivity contribution is 0.182. The van der Waals surface area contributed by atoms with Gasteiger partial charge < -0.3 is 11.1 Å². The standard InChI is InChI=1S/C18H28N4/c1-15(19)12-21-10-8-17-4-3-5-18(14-17,7-6-17)9-11-22-13-16(2)20/h8,10-13,19H,3-7,9,14,20H2,1-2H3/b10-8+,16-13-,19-15?,21-12-,22-11-. The maximum Gasteiger partial charge on any atom is 0.0472 e. The summed E-state index contributed by atoms with van der Waals surface area (Å²) in [6, 6.07) is 0. The van der Waals surface area contributed by atoms with Crippen molar-refractivity contribution >= 4 is 18.1 Å². The predicted octanol–water partition coefficient (Wildman–Crippen LogP) is 4.23. The molecule has 2 bridgehead atoms. The van der Waals surface area contributed by atoms with E-state index in [0.29, 0.717) is 16.5 Å². The molecule has 2 unspecified atom stereocenters. The first-order valence-corrected chi connectivity index (χ1v) is 8.15. The zero-order chi connectivity index (χ0) is 16.1. The molecule has 0 aromatic heterocycles. The van der Waals surface area contributed by atoms with Crippen molar-refractivity contribution in [2.24, 2.45) is 26.5 Å². The van der Waals surface area contributed by atoms with Gasteiger partial charge in [-0.3, -0.25) is 9.98 Å². The first kappa shape index (κ1) is 16.7. The van der Waals surface area contributed by atoms with E-state index in [4.69, 9.17) is 11.1 Å². The maximum absolute atomic E-state index is 7.36. The fourth-order valence-corrected chi connectivity index (χ4v) is 3.95. The Morgan fingerprint density at radius 2 is 2.00 bits per heavy atom. The first-order valence-electron chi connectivity index (χ1n) is 8.15. The van der Waals surface area contributed by atoms with Crippen LogP contribution in [0.5, 0.6) is 0 Å². The van der Waals surface area contributed by atoms with Crippen LogP contribution in [-0.2, 0) is 0 Å². The van der Waals surface area contributed by atoms with E-state index in [1.54, 1.807) is 19.3 Å². The Hall–Kier alpha value is -1.71. The predicted molar refractivity (Wildman–Crippen MR) is 94.7 cm³/mol. The van der Waals surface area contributed by atoms with Gasteiger partial charge in [-0.05, 0) is 63.2 Å². The second-order valence-corrected chi connectivity index (χ2v) is 7.08. The molecule has 22 heavy (non-hydrogen) atoms. The molecule has 0 spiro atoms. The van der Waals surface area contributed by atoms with Gasteiger partial charge >= 0.3 is 0 Å². The molecule has 3 N–H and O–H groups in total. The number of nitrogens with two attached hydrogens (primary N) is 1. The molecule has 2 rings (SSSR count). The summed E-state index contributed by atoms with van der Waals surface area (Å²) < 4.78 is 0. The highest BCUT2D eigenvalue weighted by Crippen LogP contribution is 2.60. The average molecular weight is 300 g/mol. The summed E-state index contributed by atoms with van der Waals surface area (Å²) in [5.41, 5.74) is 7.59. The summed E-state index contributed by atoms with van der Waals surface area (Å²) in [5, 5.41) is 7.36. The molecule has 0 aromatic rings. The molecule has 2 aliphatic rings. The van der Waals surface area contributed by atoms with Crippen LogP contribution in [0.2, 0.25) is 0 Å². The van der Waals surface area contributed by atoms with Gasteiger partial charge in [-0.15, -0.1) is 0 Å². The van der Waals surface area contributed by atoms with Crippen molar-refractivity contribution in [3.8, 4) is 0 Å². The first-order chi connectivity index (χ1) is 10.5. The Bertz CT molecular complexity index is 525. The summed E-state index contributed by atoms with van der Waals surface area (Å²) in [6.45, 7) is 3.60. The molecule has 0 heterocycles. The van der Waals surface area contributed by atoms with Crippen LogP contribution < -0.4 is 5.73 Å². The Morgan fingerprint density at radius 3 is 2.73 bits per heavy atom. The minimum atomic E-state index is 0.318. The minimum Gasteiger partial charge on any atom is -0.401 e. The lowest BCUT2D eigenvalue weighted by atomic mass is 9.68. The van der Waals surface area contributed by atoms with E-state index in [0.717, 1.165) is 12.1 Å². The van der Waals surface area contributed by atoms with Gasteiger partial charge in [0.25, 0.3) is 0 Å². The zero-order valence-electron chi connectivity index (χ0n) is 13.8. The highest BCUT2D eigenvalue weighted by Gasteiger charge is 2.48. The average Bonchev–Trinajstić information content (AvgIpc) is 2.72. The van der Waals surface area contributed by atoms with Crippen LogP contribution in [0.25, 0.3) is 0 Å². The zero-order valence-corrected chi connectivity index (χ0v) is 13.8. The molecule has 0 aromatic carbocycles. The van der Waals surface area contributed by atoms with Crippen molar-refractivity contribution in [1.82, 2.24) is 0 Å². The van der Waals surface area contributed by atoms with Crippen LogP contribution in [0.3, 0.4) is 0 Å². The number of rotatable bonds is 6. The molecule has 120 valence electrons. The molecular weight excluding hydrogens is 272 g/mol. The number of aliphatic imine (C=N–C) groups is 2. The van der Waals surface area contributed by atoms with Gasteiger partial charge in [0.15, 0.2) is 0 Å². The van der Waals surface area contributed by atoms with Gasteiger partial charge in [-0.2, -0.15) is 0 Å². The van der Waals surface area contributed by atoms with E-state index in [9.17, 15) is 0 Å². The minimum absolute atomic E-state index is 0.318. The Balaban J connectivity index is 1.99. The number of hydrogen-bond donors (Lipinski definition) is 2. The largest absolute Gasteiger partial charge is 0.401 e. The second kappa shape index (κ2) is 7.03. The molecule has 2 fully saturated rings. The van der Waals surface area contributed by atoms with E-state index in [1.807, 2.05) is 19.3 Å². The molecule has 0 saturated heterocycles. The summed E-state index contributed by atoms with van der Waals surface area (Å²) in [7, 11) is 0. The van der Waals surface area contributed by atoms with Gasteiger partial charge in [0.2, 0.25) is 0 Å². The number of fused-ring (bicyclic) bond motifs is 2. The summed E-state index contributed by atoms with van der Waals surface area (Å²) in [4.78, 5) is 8.53. The van der Waals surface area contributed by atoms with Gasteiger partial charge in [0.1, 0.15) is 0 Å². The third kappa shape index (κ3) is 4.39. The second-order valence-electron chi connectivity index (χ2n) is 7.08. The topological polar surface area (TPSA) is 74.6 Å². The van der Waals surface area contributed by atoms with E-state index in [2.05, 4.69) is 16.1 Å². The smallest absolute Gasteiger partial charge is 0.0472 e. The van der Waals surface area contributed by atoms with E-state index in [-0.39, 0.29) is 0 Å². The molecule has 0 radical (unpaired) electrons. The fraction of sp³-hybridized carbons (Fsp3) is 0.611. The van der Waals surface area contributed by atoms with Crippen molar-refractivity contribution in [3.63, 3.8) is 0 Å². The van der Waals surface area contributed by atoms with Crippen LogP contribution in [0, 0.1) is 16.2 Å². The van der Waals surface area contributed by atoms with E-state index >= 15 is 0 Å². The molecule has 4 heteroatoms. The normalized spacial score (nSPS) is 32.5. The molecule has 0 aliphatic heterocycles. The van der Waals surface area contributed by atoms with Crippen molar-refractivity contribution in [3.05, 3.63) is 24.2 Å². The monoisotopic (exact) mass is 300 g/mol. The van der Waals surface area contributed by atoms with Crippen LogP contribution >= 0.6 is 0 Å². The van der Waals surface area contributed by atoms with Crippen molar-refractivity contribution in [1.29, 1.82) is 5.41 Å². The van der Waals surface area contributed by atoms with Gasteiger partial charge in [-0.1, -0.05) is 12.5 Å². The van der Waals surface area contributed by atoms with Crippen LogP contribution in [0.4, 0.5) is 0 Å². The number of nitrogens with zero attached hydrogens (tertiary/aromatic N) is 2. The van der Waals surface area contributed by atoms with Gasteiger partial charge in [0.05, 0.1) is 0 Å². The Labute approximate surface area is 133 Å². The Kier molecular flexibility index (Phi) is 5.33. The molecule has 2 saturated carbocycles. The van der Waals surface area contributed by atoms with E-state index < -0.39 is 0 Å². The fourth-order valence-electron chi connectivity index (χ4n) is 3.95. The molecule has 2 atom stereocenters. The van der Waals surface area contributed by atoms with Crippen LogP contribution in [-0.4, -0.2) is 18.1 Å². The van der Waals surface area contributed by atoms with Gasteiger partial charge in [0, 0.05) is 36.2 Å². The number of nitrogens with one attached hydrogen (secondary N) is 1. The highest BCUT2D eigenvalue weighted by molar-refractivity contribution is 6.27. The van der Waals surface area contributed by atoms with Crippen molar-refractivity contribution < 1.29 is 0 Å². The lowest BCUT2D eigenvalue weighted by Crippen LogP contribution is -2.26. The molecule has 0 amide bonds. The molecule has 4 nitrogen and oxygen atoms in total. The van der Waals surface area contributed by atoms with Crippen LogP contribution in [0.1, 0.15) is 58.8 Å². The molecule has 2 aliphatic carbocycles. The van der Waals surface area contributed by atoms with Crippen molar-refractivity contribution in [2.75, 3.05) is 0 Å². The number of allylic oxidation sites excluding steroid dienone is 2. The molecular formula is C18H28N4. The van der Waals surface area contributed by atoms with Crippen LogP contribution in [0.15, 0.2) is 34.2 Å². The van der Waals surface area contributed by atoms with Crippen molar-refractivity contribution in [2.45, 2.75) is 58.8 Å². The third-order valence-corrected chi connectivity index (χ3v) is 4.95. The SMILES string of the molecule is CC(=N)/C=N\C=C\C12CCCC(C/C=N\C=C(\C)N)(CC1)C2. The lowest BCUT2D eigenvalue weighted by Gasteiger charge is -2.37. The maximum atomic E-state index is 7.36. The Morgan fingerprint density at radius 1 is 1.18 bits per heavy atom. The quantitative estimate of drug-likeness (QED) is 0.708.